The van der Waals surface area contributed by atoms with E-state index in [1.807, 2.05) is 6.92 Å². The first kappa shape index (κ1) is 17.4. The van der Waals surface area contributed by atoms with Gasteiger partial charge in [-0.2, -0.15) is 0 Å². The number of halogens is 1. The van der Waals surface area contributed by atoms with Gasteiger partial charge in [0.05, 0.1) is 17.9 Å². The van der Waals surface area contributed by atoms with Crippen molar-refractivity contribution in [3.63, 3.8) is 0 Å². The maximum Gasteiger partial charge on any atom is 0.227 e. The molecular formula is C16H20ClNO5S. The average molecular weight is 374 g/mol. The number of hydrogen-bond acceptors (Lipinski definition) is 5. The van der Waals surface area contributed by atoms with Crippen molar-refractivity contribution >= 4 is 27.3 Å². The van der Waals surface area contributed by atoms with Gasteiger partial charge in [-0.25, -0.2) is 8.42 Å². The van der Waals surface area contributed by atoms with Crippen LogP contribution in [0.1, 0.15) is 18.9 Å². The Morgan fingerprint density at radius 1 is 1.29 bits per heavy atom. The first-order valence-corrected chi connectivity index (χ1v) is 10.2. The fourth-order valence-electron chi connectivity index (χ4n) is 3.17. The smallest absolute Gasteiger partial charge is 0.227 e. The van der Waals surface area contributed by atoms with Crippen molar-refractivity contribution in [3.05, 3.63) is 22.7 Å². The maximum atomic E-state index is 12.7. The third kappa shape index (κ3) is 3.62. The molecule has 0 unspecified atom stereocenters. The molecule has 2 aliphatic rings. The van der Waals surface area contributed by atoms with E-state index in [0.717, 1.165) is 0 Å². The van der Waals surface area contributed by atoms with Gasteiger partial charge in [0.1, 0.15) is 13.2 Å². The number of ether oxygens (including phenoxy) is 2. The van der Waals surface area contributed by atoms with Gasteiger partial charge in [0, 0.05) is 23.7 Å². The third-order valence-corrected chi connectivity index (χ3v) is 6.47. The van der Waals surface area contributed by atoms with E-state index in [2.05, 4.69) is 0 Å². The summed E-state index contributed by atoms with van der Waals surface area (Å²) in [7, 11) is -3.03. The quantitative estimate of drug-likeness (QED) is 0.803. The Morgan fingerprint density at radius 2 is 1.96 bits per heavy atom. The van der Waals surface area contributed by atoms with Crippen LogP contribution in [-0.2, 0) is 21.1 Å². The van der Waals surface area contributed by atoms with Gasteiger partial charge in [0.15, 0.2) is 21.3 Å². The summed E-state index contributed by atoms with van der Waals surface area (Å²) in [4.78, 5) is 14.3. The molecule has 8 heteroatoms. The van der Waals surface area contributed by atoms with Crippen LogP contribution >= 0.6 is 11.6 Å². The van der Waals surface area contributed by atoms with Gasteiger partial charge < -0.3 is 14.4 Å². The van der Waals surface area contributed by atoms with Crippen LogP contribution in [-0.4, -0.2) is 56.5 Å². The molecule has 3 rings (SSSR count). The lowest BCUT2D eigenvalue weighted by atomic mass is 10.1. The Hall–Kier alpha value is -1.47. The van der Waals surface area contributed by atoms with E-state index in [9.17, 15) is 13.2 Å². The summed E-state index contributed by atoms with van der Waals surface area (Å²) >= 11 is 6.26. The van der Waals surface area contributed by atoms with Crippen LogP contribution in [0.3, 0.4) is 0 Å². The predicted molar refractivity (Wildman–Crippen MR) is 90.6 cm³/mol. The molecule has 2 aliphatic heterocycles. The van der Waals surface area contributed by atoms with Crippen LogP contribution in [0.25, 0.3) is 0 Å². The summed E-state index contributed by atoms with van der Waals surface area (Å²) < 4.78 is 34.3. The highest BCUT2D eigenvalue weighted by Crippen LogP contribution is 2.35. The van der Waals surface area contributed by atoms with Crippen LogP contribution < -0.4 is 9.47 Å². The summed E-state index contributed by atoms with van der Waals surface area (Å²) in [6.07, 6.45) is 0.608. The third-order valence-electron chi connectivity index (χ3n) is 4.36. The fraction of sp³-hybridized carbons (Fsp3) is 0.562. The molecule has 2 heterocycles. The van der Waals surface area contributed by atoms with E-state index in [0.29, 0.717) is 48.3 Å². The Kier molecular flexibility index (Phi) is 4.92. The van der Waals surface area contributed by atoms with Crippen LogP contribution in [0.2, 0.25) is 5.02 Å². The monoisotopic (exact) mass is 373 g/mol. The van der Waals surface area contributed by atoms with Crippen molar-refractivity contribution in [2.75, 3.05) is 31.3 Å². The second kappa shape index (κ2) is 6.80. The summed E-state index contributed by atoms with van der Waals surface area (Å²) in [5.74, 6) is 1.23. The lowest BCUT2D eigenvalue weighted by Gasteiger charge is -2.27. The number of amides is 1. The second-order valence-electron chi connectivity index (χ2n) is 6.00. The highest BCUT2D eigenvalue weighted by Gasteiger charge is 2.34. The van der Waals surface area contributed by atoms with Crippen LogP contribution in [0.4, 0.5) is 0 Å². The highest BCUT2D eigenvalue weighted by atomic mass is 35.5. The molecule has 6 nitrogen and oxygen atoms in total. The highest BCUT2D eigenvalue weighted by molar-refractivity contribution is 7.91. The summed E-state index contributed by atoms with van der Waals surface area (Å²) in [6, 6.07) is 3.15. The molecule has 24 heavy (non-hydrogen) atoms. The van der Waals surface area contributed by atoms with E-state index < -0.39 is 9.84 Å². The number of carbonyl (C=O) groups excluding carboxylic acids is 1. The van der Waals surface area contributed by atoms with Crippen LogP contribution in [0.5, 0.6) is 11.5 Å². The van der Waals surface area contributed by atoms with Crippen molar-refractivity contribution in [1.82, 2.24) is 4.90 Å². The molecule has 0 bridgehead atoms. The molecule has 132 valence electrons. The van der Waals surface area contributed by atoms with Gasteiger partial charge >= 0.3 is 0 Å². The maximum absolute atomic E-state index is 12.7. The molecule has 1 fully saturated rings. The van der Waals surface area contributed by atoms with Gasteiger partial charge in [-0.1, -0.05) is 11.6 Å². The Balaban J connectivity index is 1.76. The minimum Gasteiger partial charge on any atom is -0.486 e. The molecule has 1 aromatic carbocycles. The van der Waals surface area contributed by atoms with Gasteiger partial charge in [0.25, 0.3) is 0 Å². The standard InChI is InChI=1S/C16H20ClNO5S/c1-2-18(12-3-6-24(20,21)10-12)16(19)8-11-7-14-15(9-13(11)17)23-5-4-22-14/h7,9,12H,2-6,8,10H2,1H3/t12-/m1/s1. The lowest BCUT2D eigenvalue weighted by Crippen LogP contribution is -2.41. The normalized spacial score (nSPS) is 21.5. The van der Waals surface area contributed by atoms with Gasteiger partial charge in [0.2, 0.25) is 5.91 Å². The average Bonchev–Trinajstić information content (AvgIpc) is 2.88. The molecule has 1 amide bonds. The Bertz CT molecular complexity index is 749. The van der Waals surface area contributed by atoms with E-state index in [4.69, 9.17) is 21.1 Å². The minimum atomic E-state index is -3.03. The number of rotatable bonds is 4. The number of carbonyl (C=O) groups is 1. The van der Waals surface area contributed by atoms with Crippen molar-refractivity contribution in [1.29, 1.82) is 0 Å². The summed E-state index contributed by atoms with van der Waals surface area (Å²) in [5, 5.41) is 0.447. The number of sulfone groups is 1. The van der Waals surface area contributed by atoms with E-state index in [-0.39, 0.29) is 29.9 Å². The van der Waals surface area contributed by atoms with Crippen molar-refractivity contribution < 1.29 is 22.7 Å². The first-order chi connectivity index (χ1) is 11.4. The molecular weight excluding hydrogens is 354 g/mol. The van der Waals surface area contributed by atoms with Crippen LogP contribution in [0, 0.1) is 0 Å². The minimum absolute atomic E-state index is 0.0431. The Morgan fingerprint density at radius 3 is 2.54 bits per heavy atom. The zero-order valence-corrected chi connectivity index (χ0v) is 15.0. The van der Waals surface area contributed by atoms with E-state index in [1.165, 1.54) is 0 Å². The molecule has 0 aliphatic carbocycles. The summed E-state index contributed by atoms with van der Waals surface area (Å²) in [6.45, 7) is 3.26. The lowest BCUT2D eigenvalue weighted by molar-refractivity contribution is -0.132. The first-order valence-electron chi connectivity index (χ1n) is 7.97. The Labute approximate surface area is 146 Å². The number of likely N-dealkylation sites (N-methyl/N-ethyl adjacent to an activating group) is 1. The molecule has 0 spiro atoms. The molecule has 0 radical (unpaired) electrons. The predicted octanol–water partition coefficient (Wildman–Crippen LogP) is 1.69. The molecule has 1 saturated heterocycles. The van der Waals surface area contributed by atoms with Gasteiger partial charge in [-0.15, -0.1) is 0 Å². The molecule has 0 aromatic heterocycles. The molecule has 1 atom stereocenters. The second-order valence-corrected chi connectivity index (χ2v) is 8.64. The van der Waals surface area contributed by atoms with Gasteiger partial charge in [-0.05, 0) is 25.0 Å². The van der Waals surface area contributed by atoms with Crippen molar-refractivity contribution in [2.45, 2.75) is 25.8 Å². The summed E-state index contributed by atoms with van der Waals surface area (Å²) in [5.41, 5.74) is 0.658. The largest absolute Gasteiger partial charge is 0.486 e. The van der Waals surface area contributed by atoms with Gasteiger partial charge in [-0.3, -0.25) is 4.79 Å². The topological polar surface area (TPSA) is 72.9 Å². The van der Waals surface area contributed by atoms with Crippen LogP contribution in [0.15, 0.2) is 12.1 Å². The number of fused-ring (bicyclic) bond motifs is 1. The molecule has 0 saturated carbocycles. The molecule has 1 aromatic rings. The van der Waals surface area contributed by atoms with Crippen molar-refractivity contribution in [2.24, 2.45) is 0 Å². The van der Waals surface area contributed by atoms with E-state index in [1.54, 1.807) is 17.0 Å². The number of benzene rings is 1. The SMILES string of the molecule is CCN(C(=O)Cc1cc2c(cc1Cl)OCCO2)[C@@H]1CCS(=O)(=O)C1. The number of hydrogen-bond donors (Lipinski definition) is 0. The number of nitrogens with zero attached hydrogens (tertiary/aromatic N) is 1. The zero-order chi connectivity index (χ0) is 17.3. The van der Waals surface area contributed by atoms with Crippen molar-refractivity contribution in [3.8, 4) is 11.5 Å². The zero-order valence-electron chi connectivity index (χ0n) is 13.5. The fourth-order valence-corrected chi connectivity index (χ4v) is 5.12. The van der Waals surface area contributed by atoms with E-state index >= 15 is 0 Å². The molecule has 0 N–H and O–H groups in total.